The van der Waals surface area contributed by atoms with E-state index in [0.717, 1.165) is 19.4 Å². The Morgan fingerprint density at radius 2 is 1.81 bits per heavy atom. The van der Waals surface area contributed by atoms with Crippen LogP contribution in [0.25, 0.3) is 0 Å². The van der Waals surface area contributed by atoms with Crippen LogP contribution in [0.5, 0.6) is 0 Å². The molecule has 0 aromatic carbocycles. The van der Waals surface area contributed by atoms with E-state index in [1.807, 2.05) is 20.9 Å². The van der Waals surface area contributed by atoms with Gasteiger partial charge < -0.3 is 10.0 Å². The molecule has 0 aromatic heterocycles. The van der Waals surface area contributed by atoms with Gasteiger partial charge in [-0.1, -0.05) is 27.7 Å². The number of rotatable bonds is 7. The molecule has 0 aliphatic rings. The first kappa shape index (κ1) is 15.4. The van der Waals surface area contributed by atoms with E-state index in [9.17, 15) is 9.90 Å². The summed E-state index contributed by atoms with van der Waals surface area (Å²) in [5, 5.41) is 9.18. The van der Waals surface area contributed by atoms with Gasteiger partial charge >= 0.3 is 0 Å². The van der Waals surface area contributed by atoms with Crippen molar-refractivity contribution in [3.63, 3.8) is 0 Å². The molecule has 0 heterocycles. The topological polar surface area (TPSA) is 40.5 Å². The molecular weight excluding hydrogens is 202 g/mol. The maximum atomic E-state index is 12.0. The van der Waals surface area contributed by atoms with Crippen LogP contribution in [-0.2, 0) is 4.79 Å². The van der Waals surface area contributed by atoms with Gasteiger partial charge in [0.25, 0.3) is 0 Å². The van der Waals surface area contributed by atoms with Crippen molar-refractivity contribution >= 4 is 5.91 Å². The van der Waals surface area contributed by atoms with Crippen LogP contribution in [0.3, 0.4) is 0 Å². The molecule has 0 spiro atoms. The summed E-state index contributed by atoms with van der Waals surface area (Å²) in [6, 6.07) is 0. The Balaban J connectivity index is 4.06. The van der Waals surface area contributed by atoms with Gasteiger partial charge in [0, 0.05) is 13.6 Å². The number of amides is 1. The van der Waals surface area contributed by atoms with Crippen LogP contribution in [0, 0.1) is 17.8 Å². The summed E-state index contributed by atoms with van der Waals surface area (Å²) >= 11 is 0. The minimum absolute atomic E-state index is 0.0506. The van der Waals surface area contributed by atoms with Crippen LogP contribution in [0.4, 0.5) is 0 Å². The Morgan fingerprint density at radius 3 is 2.19 bits per heavy atom. The molecule has 3 heteroatoms. The first-order chi connectivity index (χ1) is 7.40. The highest BCUT2D eigenvalue weighted by molar-refractivity contribution is 5.78. The van der Waals surface area contributed by atoms with Gasteiger partial charge in [-0.25, -0.2) is 0 Å². The van der Waals surface area contributed by atoms with Crippen molar-refractivity contribution in [2.75, 3.05) is 20.2 Å². The van der Waals surface area contributed by atoms with Crippen LogP contribution in [0.2, 0.25) is 0 Å². The first-order valence-corrected chi connectivity index (χ1v) is 6.26. The Hall–Kier alpha value is -0.570. The maximum Gasteiger partial charge on any atom is 0.228 e. The fourth-order valence-electron chi connectivity index (χ4n) is 1.70. The molecule has 16 heavy (non-hydrogen) atoms. The Kier molecular flexibility index (Phi) is 7.39. The lowest BCUT2D eigenvalue weighted by Gasteiger charge is -2.25. The van der Waals surface area contributed by atoms with E-state index < -0.39 is 0 Å². The third-order valence-electron chi connectivity index (χ3n) is 2.97. The van der Waals surface area contributed by atoms with E-state index in [-0.39, 0.29) is 24.3 Å². The average Bonchev–Trinajstić information content (AvgIpc) is 2.17. The highest BCUT2D eigenvalue weighted by Crippen LogP contribution is 2.13. The number of hydrogen-bond acceptors (Lipinski definition) is 2. The number of aliphatic hydroxyl groups is 1. The minimum atomic E-state index is -0.246. The third kappa shape index (κ3) is 5.50. The average molecular weight is 229 g/mol. The summed E-state index contributed by atoms with van der Waals surface area (Å²) < 4.78 is 0. The van der Waals surface area contributed by atoms with Crippen LogP contribution in [-0.4, -0.2) is 36.1 Å². The lowest BCUT2D eigenvalue weighted by molar-refractivity contribution is -0.137. The molecule has 1 atom stereocenters. The third-order valence-corrected chi connectivity index (χ3v) is 2.97. The predicted octanol–water partition coefficient (Wildman–Crippen LogP) is 2.15. The van der Waals surface area contributed by atoms with E-state index in [2.05, 4.69) is 13.8 Å². The molecule has 1 amide bonds. The largest absolute Gasteiger partial charge is 0.396 e. The van der Waals surface area contributed by atoms with Crippen molar-refractivity contribution in [2.45, 2.75) is 40.5 Å². The SMILES string of the molecule is CC(C)CCCN(C)C(=O)C(CO)C(C)C. The zero-order chi connectivity index (χ0) is 12.7. The summed E-state index contributed by atoms with van der Waals surface area (Å²) in [6.45, 7) is 9.06. The van der Waals surface area contributed by atoms with Crippen molar-refractivity contribution < 1.29 is 9.90 Å². The predicted molar refractivity (Wildman–Crippen MR) is 67.1 cm³/mol. The second kappa shape index (κ2) is 7.66. The Labute approximate surface area is 99.8 Å². The second-order valence-corrected chi connectivity index (χ2v) is 5.33. The van der Waals surface area contributed by atoms with Crippen molar-refractivity contribution in [3.05, 3.63) is 0 Å². The number of carbonyl (C=O) groups is 1. The quantitative estimate of drug-likeness (QED) is 0.726. The van der Waals surface area contributed by atoms with Gasteiger partial charge in [-0.3, -0.25) is 4.79 Å². The number of aliphatic hydroxyl groups excluding tert-OH is 1. The van der Waals surface area contributed by atoms with Crippen LogP contribution in [0.15, 0.2) is 0 Å². The van der Waals surface area contributed by atoms with Crippen molar-refractivity contribution in [3.8, 4) is 0 Å². The van der Waals surface area contributed by atoms with E-state index >= 15 is 0 Å². The summed E-state index contributed by atoms with van der Waals surface area (Å²) in [5.41, 5.74) is 0. The van der Waals surface area contributed by atoms with Gasteiger partial charge in [-0.2, -0.15) is 0 Å². The van der Waals surface area contributed by atoms with E-state index in [1.54, 1.807) is 4.90 Å². The first-order valence-electron chi connectivity index (χ1n) is 6.26. The molecule has 0 aromatic rings. The van der Waals surface area contributed by atoms with Gasteiger partial charge in [0.2, 0.25) is 5.91 Å². The molecular formula is C13H27NO2. The molecule has 1 unspecified atom stereocenters. The molecule has 0 fully saturated rings. The number of nitrogens with zero attached hydrogens (tertiary/aromatic N) is 1. The van der Waals surface area contributed by atoms with Crippen LogP contribution in [0.1, 0.15) is 40.5 Å². The molecule has 0 saturated carbocycles. The minimum Gasteiger partial charge on any atom is -0.396 e. The van der Waals surface area contributed by atoms with Gasteiger partial charge in [-0.15, -0.1) is 0 Å². The highest BCUT2D eigenvalue weighted by Gasteiger charge is 2.23. The fourth-order valence-corrected chi connectivity index (χ4v) is 1.70. The summed E-state index contributed by atoms with van der Waals surface area (Å²) in [6.07, 6.45) is 2.18. The van der Waals surface area contributed by atoms with Gasteiger partial charge in [0.05, 0.1) is 12.5 Å². The molecule has 0 aliphatic carbocycles. The van der Waals surface area contributed by atoms with Gasteiger partial charge in [-0.05, 0) is 24.7 Å². The van der Waals surface area contributed by atoms with Gasteiger partial charge in [0.1, 0.15) is 0 Å². The van der Waals surface area contributed by atoms with Crippen molar-refractivity contribution in [2.24, 2.45) is 17.8 Å². The standard InChI is InChI=1S/C13H27NO2/c1-10(2)7-6-8-14(5)13(16)12(9-15)11(3)4/h10-12,15H,6-9H2,1-5H3. The normalized spacial score (nSPS) is 13.2. The Morgan fingerprint density at radius 1 is 1.25 bits per heavy atom. The summed E-state index contributed by atoms with van der Waals surface area (Å²) in [5.74, 6) is 0.706. The smallest absolute Gasteiger partial charge is 0.228 e. The second-order valence-electron chi connectivity index (χ2n) is 5.33. The van der Waals surface area contributed by atoms with Crippen LogP contribution < -0.4 is 0 Å². The highest BCUT2D eigenvalue weighted by atomic mass is 16.3. The zero-order valence-electron chi connectivity index (χ0n) is 11.4. The molecule has 0 saturated heterocycles. The molecule has 0 radical (unpaired) electrons. The van der Waals surface area contributed by atoms with E-state index in [1.165, 1.54) is 0 Å². The van der Waals surface area contributed by atoms with E-state index in [4.69, 9.17) is 0 Å². The molecule has 1 N–H and O–H groups in total. The molecule has 0 rings (SSSR count). The molecule has 3 nitrogen and oxygen atoms in total. The number of carbonyl (C=O) groups excluding carboxylic acids is 1. The Bertz CT molecular complexity index is 202. The van der Waals surface area contributed by atoms with Crippen LogP contribution >= 0.6 is 0 Å². The zero-order valence-corrected chi connectivity index (χ0v) is 11.4. The number of hydrogen-bond donors (Lipinski definition) is 1. The molecule has 96 valence electrons. The van der Waals surface area contributed by atoms with Gasteiger partial charge in [0.15, 0.2) is 0 Å². The summed E-state index contributed by atoms with van der Waals surface area (Å²) in [4.78, 5) is 13.7. The van der Waals surface area contributed by atoms with Crippen molar-refractivity contribution in [1.82, 2.24) is 4.90 Å². The maximum absolute atomic E-state index is 12.0. The molecule has 0 aliphatic heterocycles. The summed E-state index contributed by atoms with van der Waals surface area (Å²) in [7, 11) is 1.83. The fraction of sp³-hybridized carbons (Fsp3) is 0.923. The molecule has 0 bridgehead atoms. The lowest BCUT2D eigenvalue weighted by Crippen LogP contribution is -2.37. The monoisotopic (exact) mass is 229 g/mol. The van der Waals surface area contributed by atoms with Crippen molar-refractivity contribution in [1.29, 1.82) is 0 Å². The lowest BCUT2D eigenvalue weighted by atomic mass is 9.95. The van der Waals surface area contributed by atoms with E-state index in [0.29, 0.717) is 5.92 Å².